The second kappa shape index (κ2) is 6.16. The Bertz CT molecular complexity index is 1040. The first-order valence-corrected chi connectivity index (χ1v) is 9.34. The quantitative estimate of drug-likeness (QED) is 0.528. The third kappa shape index (κ3) is 3.59. The van der Waals surface area contributed by atoms with Crippen molar-refractivity contribution < 1.29 is 26.3 Å². The molecule has 3 aromatic rings. The summed E-state index contributed by atoms with van der Waals surface area (Å²) in [6, 6.07) is 7.35. The van der Waals surface area contributed by atoms with Crippen LogP contribution in [0.25, 0.3) is 11.0 Å². The van der Waals surface area contributed by atoms with E-state index in [2.05, 4.69) is 9.72 Å². The molecule has 0 N–H and O–H groups in total. The van der Waals surface area contributed by atoms with Crippen LogP contribution in [0.3, 0.4) is 0 Å². The van der Waals surface area contributed by atoms with E-state index < -0.39 is 22.1 Å². The maximum absolute atomic E-state index is 12.8. The normalized spacial score (nSPS) is 12.5. The Morgan fingerprint density at radius 2 is 1.84 bits per heavy atom. The van der Waals surface area contributed by atoms with Crippen molar-refractivity contribution in [3.63, 3.8) is 0 Å². The highest BCUT2D eigenvalue weighted by Gasteiger charge is 2.32. The van der Waals surface area contributed by atoms with Crippen LogP contribution in [0.1, 0.15) is 5.56 Å². The van der Waals surface area contributed by atoms with E-state index in [1.54, 1.807) is 12.1 Å². The van der Waals surface area contributed by atoms with E-state index in [0.29, 0.717) is 3.57 Å². The first kappa shape index (κ1) is 18.0. The number of aromatic nitrogens is 2. The van der Waals surface area contributed by atoms with Crippen LogP contribution in [-0.2, 0) is 10.0 Å². The zero-order valence-corrected chi connectivity index (χ0v) is 15.6. The summed E-state index contributed by atoms with van der Waals surface area (Å²) in [4.78, 5) is 3.91. The second-order valence-corrected chi connectivity index (χ2v) is 8.16. The molecule has 0 aliphatic heterocycles. The smallest absolute Gasteiger partial charge is 0.404 e. The van der Waals surface area contributed by atoms with E-state index in [-0.39, 0.29) is 15.9 Å². The monoisotopic (exact) mass is 482 g/mol. The van der Waals surface area contributed by atoms with Gasteiger partial charge in [0.25, 0.3) is 10.0 Å². The molecule has 0 aliphatic carbocycles. The van der Waals surface area contributed by atoms with Gasteiger partial charge in [0.15, 0.2) is 5.65 Å². The van der Waals surface area contributed by atoms with Crippen LogP contribution in [0.4, 0.5) is 13.2 Å². The van der Waals surface area contributed by atoms with Crippen molar-refractivity contribution >= 4 is 43.6 Å². The van der Waals surface area contributed by atoms with Crippen LogP contribution >= 0.6 is 22.6 Å². The Morgan fingerprint density at radius 1 is 1.20 bits per heavy atom. The van der Waals surface area contributed by atoms with Crippen LogP contribution in [-0.4, -0.2) is 23.7 Å². The zero-order chi connectivity index (χ0) is 18.4. The maximum Gasteiger partial charge on any atom is 0.573 e. The summed E-state index contributed by atoms with van der Waals surface area (Å²) >= 11 is 1.84. The van der Waals surface area contributed by atoms with E-state index in [4.69, 9.17) is 0 Å². The molecule has 1 aromatic carbocycles. The average molecular weight is 482 g/mol. The van der Waals surface area contributed by atoms with Crippen LogP contribution in [0.15, 0.2) is 47.6 Å². The lowest BCUT2D eigenvalue weighted by molar-refractivity contribution is -0.274. The molecule has 0 saturated carbocycles. The van der Waals surface area contributed by atoms with Gasteiger partial charge in [0.1, 0.15) is 5.75 Å². The molecule has 132 valence electrons. The molecule has 0 fully saturated rings. The second-order valence-electron chi connectivity index (χ2n) is 5.18. The molecule has 5 nitrogen and oxygen atoms in total. The SMILES string of the molecule is Cc1ccc(S(=O)(=O)n2cc(I)c3cc(OC(F)(F)F)cnc32)cc1. The van der Waals surface area contributed by atoms with Crippen LogP contribution in [0.5, 0.6) is 5.75 Å². The maximum atomic E-state index is 12.8. The van der Waals surface area contributed by atoms with E-state index >= 15 is 0 Å². The van der Waals surface area contributed by atoms with Gasteiger partial charge in [-0.25, -0.2) is 17.4 Å². The number of halogens is 4. The summed E-state index contributed by atoms with van der Waals surface area (Å²) in [7, 11) is -3.92. The van der Waals surface area contributed by atoms with E-state index in [1.807, 2.05) is 29.5 Å². The number of rotatable bonds is 3. The summed E-state index contributed by atoms with van der Waals surface area (Å²) in [5.41, 5.74) is 0.928. The minimum absolute atomic E-state index is 0.0273. The predicted molar refractivity (Wildman–Crippen MR) is 92.9 cm³/mol. The molecule has 0 atom stereocenters. The number of hydrogen-bond donors (Lipinski definition) is 0. The Labute approximate surface area is 154 Å². The fourth-order valence-electron chi connectivity index (χ4n) is 2.22. The highest BCUT2D eigenvalue weighted by Crippen LogP contribution is 2.30. The van der Waals surface area contributed by atoms with Gasteiger partial charge >= 0.3 is 6.36 Å². The minimum Gasteiger partial charge on any atom is -0.404 e. The number of hydrogen-bond acceptors (Lipinski definition) is 4. The molecule has 0 unspecified atom stereocenters. The Balaban J connectivity index is 2.13. The summed E-state index contributed by atoms with van der Waals surface area (Å²) in [6.45, 7) is 1.83. The third-order valence-electron chi connectivity index (χ3n) is 3.35. The van der Waals surface area contributed by atoms with Gasteiger partial charge in [0.05, 0.1) is 11.1 Å². The van der Waals surface area contributed by atoms with E-state index in [0.717, 1.165) is 21.8 Å². The number of fused-ring (bicyclic) bond motifs is 1. The lowest BCUT2D eigenvalue weighted by Gasteiger charge is -2.09. The highest BCUT2D eigenvalue weighted by atomic mass is 127. The lowest BCUT2D eigenvalue weighted by Crippen LogP contribution is -2.17. The minimum atomic E-state index is -4.85. The molecule has 0 radical (unpaired) electrons. The Kier molecular flexibility index (Phi) is 4.43. The molecule has 2 aromatic heterocycles. The molecular weight excluding hydrogens is 472 g/mol. The average Bonchev–Trinajstić information content (AvgIpc) is 2.84. The van der Waals surface area contributed by atoms with Gasteiger partial charge in [0.2, 0.25) is 0 Å². The fraction of sp³-hybridized carbons (Fsp3) is 0.133. The third-order valence-corrected chi connectivity index (χ3v) is 5.87. The van der Waals surface area contributed by atoms with Crippen molar-refractivity contribution in [2.75, 3.05) is 0 Å². The standard InChI is InChI=1S/C15H10F3IN2O3S/c1-9-2-4-11(5-3-9)25(22,23)21-8-13(19)12-6-10(7-20-14(12)21)24-15(16,17)18/h2-8H,1H3. The van der Waals surface area contributed by atoms with Crippen LogP contribution in [0.2, 0.25) is 0 Å². The number of pyridine rings is 1. The van der Waals surface area contributed by atoms with Crippen molar-refractivity contribution in [2.24, 2.45) is 0 Å². The first-order chi connectivity index (χ1) is 11.6. The number of alkyl halides is 3. The van der Waals surface area contributed by atoms with E-state index in [9.17, 15) is 21.6 Å². The molecule has 25 heavy (non-hydrogen) atoms. The molecule has 0 saturated heterocycles. The predicted octanol–water partition coefficient (Wildman–Crippen LogP) is 4.08. The molecule has 0 bridgehead atoms. The molecule has 0 spiro atoms. The summed E-state index contributed by atoms with van der Waals surface area (Å²) in [5, 5.41) is 0.248. The number of nitrogens with zero attached hydrogens (tertiary/aromatic N) is 2. The topological polar surface area (TPSA) is 61.2 Å². The molecule has 0 amide bonds. The fourth-order valence-corrected chi connectivity index (χ4v) is 4.41. The van der Waals surface area contributed by atoms with Crippen molar-refractivity contribution in [1.82, 2.24) is 8.96 Å². The first-order valence-electron chi connectivity index (χ1n) is 6.82. The van der Waals surface area contributed by atoms with Gasteiger partial charge in [0, 0.05) is 15.2 Å². The molecule has 10 heteroatoms. The zero-order valence-electron chi connectivity index (χ0n) is 12.6. The van der Waals surface area contributed by atoms with Gasteiger partial charge in [-0.2, -0.15) is 0 Å². The van der Waals surface area contributed by atoms with Gasteiger partial charge in [-0.3, -0.25) is 0 Å². The molecular formula is C15H10F3IN2O3S. The van der Waals surface area contributed by atoms with Crippen molar-refractivity contribution in [2.45, 2.75) is 18.2 Å². The summed E-state index contributed by atoms with van der Waals surface area (Å²) in [6.07, 6.45) is -2.70. The lowest BCUT2D eigenvalue weighted by atomic mass is 10.2. The van der Waals surface area contributed by atoms with E-state index in [1.165, 1.54) is 18.3 Å². The molecule has 0 aliphatic rings. The van der Waals surface area contributed by atoms with Gasteiger partial charge in [-0.15, -0.1) is 13.2 Å². The Morgan fingerprint density at radius 3 is 2.44 bits per heavy atom. The summed E-state index contributed by atoms with van der Waals surface area (Å²) in [5.74, 6) is -0.511. The van der Waals surface area contributed by atoms with Crippen LogP contribution < -0.4 is 4.74 Å². The van der Waals surface area contributed by atoms with Gasteiger partial charge < -0.3 is 4.74 Å². The van der Waals surface area contributed by atoms with Crippen LogP contribution in [0, 0.1) is 10.5 Å². The molecule has 2 heterocycles. The van der Waals surface area contributed by atoms with Crippen molar-refractivity contribution in [3.05, 3.63) is 51.9 Å². The number of aryl methyl sites for hydroxylation is 1. The largest absolute Gasteiger partial charge is 0.573 e. The summed E-state index contributed by atoms with van der Waals surface area (Å²) < 4.78 is 67.8. The number of ether oxygens (including phenoxy) is 1. The number of benzene rings is 1. The van der Waals surface area contributed by atoms with Gasteiger partial charge in [-0.1, -0.05) is 17.7 Å². The van der Waals surface area contributed by atoms with Crippen molar-refractivity contribution in [1.29, 1.82) is 0 Å². The highest BCUT2D eigenvalue weighted by molar-refractivity contribution is 14.1. The van der Waals surface area contributed by atoms with Gasteiger partial charge in [-0.05, 0) is 47.7 Å². The molecule has 3 rings (SSSR count). The van der Waals surface area contributed by atoms with Crippen molar-refractivity contribution in [3.8, 4) is 5.75 Å². The Hall–Kier alpha value is -1.82.